The highest BCUT2D eigenvalue weighted by Crippen LogP contribution is 2.14. The van der Waals surface area contributed by atoms with Crippen LogP contribution in [-0.4, -0.2) is 20.9 Å². The molecule has 0 unspecified atom stereocenters. The highest BCUT2D eigenvalue weighted by molar-refractivity contribution is 14.1. The highest BCUT2D eigenvalue weighted by Gasteiger charge is 2.11. The maximum Gasteiger partial charge on any atom is 0.255 e. The van der Waals surface area contributed by atoms with Gasteiger partial charge in [-0.15, -0.1) is 6.58 Å². The zero-order valence-corrected chi connectivity index (χ0v) is 15.8. The Kier molecular flexibility index (Phi) is 6.52. The van der Waals surface area contributed by atoms with Crippen molar-refractivity contribution in [3.63, 3.8) is 0 Å². The average molecular weight is 456 g/mol. The van der Waals surface area contributed by atoms with Gasteiger partial charge in [-0.1, -0.05) is 18.2 Å². The Balaban J connectivity index is 2.00. The number of carbonyl (C=O) groups is 1. The number of hydrogen-bond donors (Lipinski definition) is 2. The number of nitrogens with one attached hydrogen (secondary N) is 2. The van der Waals surface area contributed by atoms with Crippen molar-refractivity contribution in [1.29, 1.82) is 0 Å². The van der Waals surface area contributed by atoms with Gasteiger partial charge in [0.15, 0.2) is 0 Å². The predicted molar refractivity (Wildman–Crippen MR) is 104 cm³/mol. The van der Waals surface area contributed by atoms with Crippen molar-refractivity contribution >= 4 is 44.2 Å². The molecule has 1 amide bonds. The van der Waals surface area contributed by atoms with E-state index in [-0.39, 0.29) is 18.2 Å². The third-order valence-corrected chi connectivity index (χ3v) is 5.16. The monoisotopic (exact) mass is 456 g/mol. The summed E-state index contributed by atoms with van der Waals surface area (Å²) in [5.41, 5.74) is 1.81. The molecule has 0 atom stereocenters. The van der Waals surface area contributed by atoms with Gasteiger partial charge in [-0.05, 0) is 64.6 Å². The molecule has 2 rings (SSSR count). The lowest BCUT2D eigenvalue weighted by Crippen LogP contribution is -2.25. The molecule has 24 heavy (non-hydrogen) atoms. The molecule has 5 nitrogen and oxygen atoms in total. The van der Waals surface area contributed by atoms with E-state index in [1.165, 1.54) is 6.08 Å². The van der Waals surface area contributed by atoms with Crippen LogP contribution in [0.5, 0.6) is 0 Å². The van der Waals surface area contributed by atoms with Crippen LogP contribution in [0.15, 0.2) is 61.2 Å². The van der Waals surface area contributed by atoms with Crippen molar-refractivity contribution in [2.24, 2.45) is 0 Å². The predicted octanol–water partition coefficient (Wildman–Crippen LogP) is 3.15. The van der Waals surface area contributed by atoms with E-state index in [0.717, 1.165) is 3.57 Å². The van der Waals surface area contributed by atoms with Crippen molar-refractivity contribution in [2.45, 2.75) is 5.75 Å². The van der Waals surface area contributed by atoms with Crippen LogP contribution in [-0.2, 0) is 15.8 Å². The van der Waals surface area contributed by atoms with Gasteiger partial charge in [-0.3, -0.25) is 4.79 Å². The quantitative estimate of drug-likeness (QED) is 0.497. The Labute approximate surface area is 155 Å². The highest BCUT2D eigenvalue weighted by atomic mass is 127. The minimum absolute atomic E-state index is 0.119. The summed E-state index contributed by atoms with van der Waals surface area (Å²) in [6.07, 6.45) is 1.49. The third-order valence-electron chi connectivity index (χ3n) is 3.12. The third kappa shape index (κ3) is 5.73. The molecule has 2 aromatic carbocycles. The Morgan fingerprint density at radius 1 is 1.08 bits per heavy atom. The first kappa shape index (κ1) is 18.6. The molecule has 0 saturated heterocycles. The SMILES string of the molecule is C=CCNS(=O)(=O)Cc1ccc(NC(=O)c2ccc(I)cc2)cc1. The van der Waals surface area contributed by atoms with Crippen LogP contribution in [0, 0.1) is 3.57 Å². The smallest absolute Gasteiger partial charge is 0.255 e. The number of sulfonamides is 1. The van der Waals surface area contributed by atoms with Crippen LogP contribution < -0.4 is 10.0 Å². The summed E-state index contributed by atoms with van der Waals surface area (Å²) < 4.78 is 27.1. The van der Waals surface area contributed by atoms with Crippen LogP contribution >= 0.6 is 22.6 Å². The van der Waals surface area contributed by atoms with Crippen molar-refractivity contribution in [2.75, 3.05) is 11.9 Å². The molecule has 0 saturated carbocycles. The molecule has 0 fully saturated rings. The van der Waals surface area contributed by atoms with Gasteiger partial charge in [-0.2, -0.15) is 0 Å². The number of carbonyl (C=O) groups excluding carboxylic acids is 1. The first-order valence-electron chi connectivity index (χ1n) is 7.14. The number of halogens is 1. The molecule has 2 aromatic rings. The molecule has 7 heteroatoms. The normalized spacial score (nSPS) is 11.0. The number of rotatable bonds is 7. The van der Waals surface area contributed by atoms with Crippen molar-refractivity contribution < 1.29 is 13.2 Å². The minimum Gasteiger partial charge on any atom is -0.322 e. The van der Waals surface area contributed by atoms with Crippen molar-refractivity contribution in [1.82, 2.24) is 4.72 Å². The summed E-state index contributed by atoms with van der Waals surface area (Å²) in [4.78, 5) is 12.1. The first-order chi connectivity index (χ1) is 11.4. The molecule has 0 spiro atoms. The Morgan fingerprint density at radius 3 is 2.29 bits per heavy atom. The second-order valence-electron chi connectivity index (χ2n) is 5.05. The zero-order chi connectivity index (χ0) is 17.6. The summed E-state index contributed by atoms with van der Waals surface area (Å²) in [5.74, 6) is -0.328. The summed E-state index contributed by atoms with van der Waals surface area (Å²) >= 11 is 2.17. The topological polar surface area (TPSA) is 75.3 Å². The van der Waals surface area contributed by atoms with E-state index in [1.54, 1.807) is 36.4 Å². The second-order valence-corrected chi connectivity index (χ2v) is 8.11. The lowest BCUT2D eigenvalue weighted by Gasteiger charge is -2.08. The molecule has 0 bridgehead atoms. The molecular weight excluding hydrogens is 439 g/mol. The summed E-state index contributed by atoms with van der Waals surface area (Å²) in [6.45, 7) is 3.67. The molecule has 0 aliphatic carbocycles. The van der Waals surface area contributed by atoms with Crippen LogP contribution in [0.2, 0.25) is 0 Å². The molecule has 0 aromatic heterocycles. The molecule has 2 N–H and O–H groups in total. The van der Waals surface area contributed by atoms with Crippen molar-refractivity contribution in [3.05, 3.63) is 75.9 Å². The number of benzene rings is 2. The fourth-order valence-corrected chi connectivity index (χ4v) is 3.41. The maximum atomic E-state index is 12.1. The zero-order valence-electron chi connectivity index (χ0n) is 12.8. The van der Waals surface area contributed by atoms with Gasteiger partial charge in [0, 0.05) is 21.4 Å². The Morgan fingerprint density at radius 2 is 1.71 bits per heavy atom. The lowest BCUT2D eigenvalue weighted by atomic mass is 10.2. The van der Waals surface area contributed by atoms with Gasteiger partial charge < -0.3 is 5.32 Å². The average Bonchev–Trinajstić information content (AvgIpc) is 2.55. The minimum atomic E-state index is -3.39. The largest absolute Gasteiger partial charge is 0.322 e. The first-order valence-corrected chi connectivity index (χ1v) is 9.87. The van der Waals surface area contributed by atoms with Gasteiger partial charge in [0.1, 0.15) is 0 Å². The van der Waals surface area contributed by atoms with Gasteiger partial charge >= 0.3 is 0 Å². The van der Waals surface area contributed by atoms with E-state index in [0.29, 0.717) is 16.8 Å². The number of amides is 1. The van der Waals surface area contributed by atoms with Crippen LogP contribution in [0.3, 0.4) is 0 Å². The lowest BCUT2D eigenvalue weighted by molar-refractivity contribution is 0.102. The van der Waals surface area contributed by atoms with Crippen molar-refractivity contribution in [3.8, 4) is 0 Å². The summed E-state index contributed by atoms with van der Waals surface area (Å²) in [7, 11) is -3.39. The molecule has 0 aliphatic rings. The van der Waals surface area contributed by atoms with E-state index in [9.17, 15) is 13.2 Å². The number of anilines is 1. The summed E-state index contributed by atoms with van der Waals surface area (Å²) in [5, 5.41) is 2.78. The molecule has 0 heterocycles. The van der Waals surface area contributed by atoms with E-state index < -0.39 is 10.0 Å². The second kappa shape index (κ2) is 8.41. The summed E-state index contributed by atoms with van der Waals surface area (Å²) in [6, 6.07) is 13.9. The van der Waals surface area contributed by atoms with E-state index in [2.05, 4.69) is 39.2 Å². The fourth-order valence-electron chi connectivity index (χ4n) is 1.95. The molecule has 0 radical (unpaired) electrons. The fraction of sp³-hybridized carbons (Fsp3) is 0.118. The van der Waals surface area contributed by atoms with E-state index in [1.807, 2.05) is 12.1 Å². The van der Waals surface area contributed by atoms with Gasteiger partial charge in [0.25, 0.3) is 5.91 Å². The van der Waals surface area contributed by atoms with Gasteiger partial charge in [0.05, 0.1) is 5.75 Å². The van der Waals surface area contributed by atoms with E-state index >= 15 is 0 Å². The number of hydrogen-bond acceptors (Lipinski definition) is 3. The standard InChI is InChI=1S/C17H17IN2O3S/c1-2-11-19-24(22,23)12-13-3-9-16(10-4-13)20-17(21)14-5-7-15(18)8-6-14/h2-10,19H,1,11-12H2,(H,20,21). The molecule has 126 valence electrons. The Bertz CT molecular complexity index is 816. The maximum absolute atomic E-state index is 12.1. The van der Waals surface area contributed by atoms with Crippen LogP contribution in [0.4, 0.5) is 5.69 Å². The van der Waals surface area contributed by atoms with Gasteiger partial charge in [-0.25, -0.2) is 13.1 Å². The van der Waals surface area contributed by atoms with Gasteiger partial charge in [0.2, 0.25) is 10.0 Å². The molecule has 0 aliphatic heterocycles. The molecular formula is C17H17IN2O3S. The van der Waals surface area contributed by atoms with Crippen LogP contribution in [0.1, 0.15) is 15.9 Å². The van der Waals surface area contributed by atoms with E-state index in [4.69, 9.17) is 0 Å². The Hall–Kier alpha value is -1.71. The van der Waals surface area contributed by atoms with Crippen LogP contribution in [0.25, 0.3) is 0 Å².